The molecule has 0 atom stereocenters. The second-order valence-corrected chi connectivity index (χ2v) is 8.72. The van der Waals surface area contributed by atoms with Crippen molar-refractivity contribution in [3.05, 3.63) is 120 Å². The van der Waals surface area contributed by atoms with Crippen molar-refractivity contribution in [3.63, 3.8) is 0 Å². The second-order valence-electron chi connectivity index (χ2n) is 8.72. The van der Waals surface area contributed by atoms with E-state index in [4.69, 9.17) is 9.47 Å². The van der Waals surface area contributed by atoms with Gasteiger partial charge in [0, 0.05) is 11.4 Å². The van der Waals surface area contributed by atoms with Gasteiger partial charge in [0.2, 0.25) is 0 Å². The van der Waals surface area contributed by atoms with Crippen LogP contribution in [-0.4, -0.2) is 30.5 Å². The first-order valence-electron chi connectivity index (χ1n) is 12.5. The van der Waals surface area contributed by atoms with Crippen LogP contribution in [0.1, 0.15) is 16.7 Å². The molecular weight excluding hydrogens is 508 g/mol. The average molecular weight is 537 g/mol. The van der Waals surface area contributed by atoms with Crippen LogP contribution >= 0.6 is 0 Å². The molecule has 0 aliphatic carbocycles. The van der Waals surface area contributed by atoms with Crippen molar-refractivity contribution >= 4 is 35.3 Å². The zero-order chi connectivity index (χ0) is 28.2. The summed E-state index contributed by atoms with van der Waals surface area (Å²) in [5, 5.41) is 9.09. The van der Waals surface area contributed by atoms with Crippen LogP contribution in [0.2, 0.25) is 0 Å². The third-order valence-electron chi connectivity index (χ3n) is 5.53. The molecule has 9 nitrogen and oxygen atoms in total. The number of hydrogen-bond donors (Lipinski definition) is 3. The quantitative estimate of drug-likeness (QED) is 0.155. The lowest BCUT2D eigenvalue weighted by Gasteiger charge is -2.08. The first kappa shape index (κ1) is 27.6. The van der Waals surface area contributed by atoms with Crippen molar-refractivity contribution < 1.29 is 23.9 Å². The van der Waals surface area contributed by atoms with Gasteiger partial charge in [-0.15, -0.1) is 0 Å². The molecule has 3 N–H and O–H groups in total. The first-order valence-corrected chi connectivity index (χ1v) is 12.5. The molecule has 0 aliphatic heterocycles. The third-order valence-corrected chi connectivity index (χ3v) is 5.53. The number of ether oxygens (including phenoxy) is 2. The zero-order valence-electron chi connectivity index (χ0n) is 21.8. The number of hydrogen-bond acceptors (Lipinski definition) is 6. The molecule has 0 saturated heterocycles. The Morgan fingerprint density at radius 1 is 0.700 bits per heavy atom. The van der Waals surface area contributed by atoms with Gasteiger partial charge >= 0.3 is 11.8 Å². The highest BCUT2D eigenvalue weighted by atomic mass is 16.5. The van der Waals surface area contributed by atoms with Crippen LogP contribution in [0.3, 0.4) is 0 Å². The molecule has 0 aromatic heterocycles. The maximum atomic E-state index is 12.2. The topological polar surface area (TPSA) is 118 Å². The van der Waals surface area contributed by atoms with Crippen molar-refractivity contribution in [3.8, 4) is 11.5 Å². The smallest absolute Gasteiger partial charge is 0.329 e. The number of nitrogens with zero attached hydrogens (tertiary/aromatic N) is 1. The van der Waals surface area contributed by atoms with Crippen LogP contribution in [0.4, 0.5) is 11.4 Å². The van der Waals surface area contributed by atoms with Gasteiger partial charge < -0.3 is 20.1 Å². The molecule has 4 aromatic carbocycles. The van der Waals surface area contributed by atoms with E-state index in [0.717, 1.165) is 11.1 Å². The van der Waals surface area contributed by atoms with E-state index in [2.05, 4.69) is 21.2 Å². The molecule has 0 saturated carbocycles. The first-order chi connectivity index (χ1) is 19.4. The predicted octanol–water partition coefficient (Wildman–Crippen LogP) is 4.68. The highest BCUT2D eigenvalue weighted by Gasteiger charge is 2.13. The molecule has 4 aromatic rings. The highest BCUT2D eigenvalue weighted by Crippen LogP contribution is 2.17. The molecule has 9 heteroatoms. The van der Waals surface area contributed by atoms with E-state index in [0.29, 0.717) is 35.0 Å². The maximum Gasteiger partial charge on any atom is 0.329 e. The number of benzene rings is 4. The van der Waals surface area contributed by atoms with Gasteiger partial charge in [0.15, 0.2) is 6.61 Å². The number of aryl methyl sites for hydroxylation is 1. The summed E-state index contributed by atoms with van der Waals surface area (Å²) in [7, 11) is 0. The summed E-state index contributed by atoms with van der Waals surface area (Å²) in [5.41, 5.74) is 6.14. The van der Waals surface area contributed by atoms with E-state index in [-0.39, 0.29) is 12.5 Å². The molecular formula is C31H28N4O5. The SMILES string of the molecule is Cc1ccc(NC(=O)COc2ccc(/C=N\NC(=O)C(=O)Nc3ccc(OCc4ccccc4)cc3)cc2)cc1. The molecule has 3 amide bonds. The van der Waals surface area contributed by atoms with E-state index < -0.39 is 11.8 Å². The number of rotatable bonds is 10. The maximum absolute atomic E-state index is 12.2. The van der Waals surface area contributed by atoms with Gasteiger partial charge in [-0.1, -0.05) is 48.0 Å². The molecule has 0 unspecified atom stereocenters. The summed E-state index contributed by atoms with van der Waals surface area (Å²) in [5.74, 6) is -0.917. The van der Waals surface area contributed by atoms with Gasteiger partial charge in [-0.25, -0.2) is 5.43 Å². The lowest BCUT2D eigenvalue weighted by molar-refractivity contribution is -0.136. The molecule has 0 spiro atoms. The van der Waals surface area contributed by atoms with Crippen LogP contribution in [0.25, 0.3) is 0 Å². The lowest BCUT2D eigenvalue weighted by Crippen LogP contribution is -2.32. The van der Waals surface area contributed by atoms with Crippen molar-refractivity contribution in [2.75, 3.05) is 17.2 Å². The van der Waals surface area contributed by atoms with Crippen molar-refractivity contribution in [1.29, 1.82) is 0 Å². The largest absolute Gasteiger partial charge is 0.489 e. The molecule has 0 fully saturated rings. The van der Waals surface area contributed by atoms with E-state index in [9.17, 15) is 14.4 Å². The van der Waals surface area contributed by atoms with Crippen LogP contribution in [0.15, 0.2) is 108 Å². The number of hydrazone groups is 1. The second kappa shape index (κ2) is 13.9. The van der Waals surface area contributed by atoms with E-state index in [1.807, 2.05) is 61.5 Å². The Balaban J connectivity index is 1.17. The van der Waals surface area contributed by atoms with Crippen LogP contribution < -0.4 is 25.5 Å². The minimum absolute atomic E-state index is 0.143. The summed E-state index contributed by atoms with van der Waals surface area (Å²) < 4.78 is 11.2. The lowest BCUT2D eigenvalue weighted by atomic mass is 10.2. The summed E-state index contributed by atoms with van der Waals surface area (Å²) in [6, 6.07) is 30.7. The number of nitrogens with one attached hydrogen (secondary N) is 3. The number of anilines is 2. The minimum Gasteiger partial charge on any atom is -0.489 e. The molecule has 202 valence electrons. The van der Waals surface area contributed by atoms with Crippen molar-refractivity contribution in [1.82, 2.24) is 5.43 Å². The Hall–Kier alpha value is -5.44. The Kier molecular flexibility index (Phi) is 9.60. The Morgan fingerprint density at radius 3 is 2.00 bits per heavy atom. The monoisotopic (exact) mass is 536 g/mol. The van der Waals surface area contributed by atoms with Gasteiger partial charge in [0.05, 0.1) is 6.21 Å². The zero-order valence-corrected chi connectivity index (χ0v) is 21.8. The molecule has 0 aliphatic rings. The van der Waals surface area contributed by atoms with Gasteiger partial charge in [-0.05, 0) is 78.7 Å². The summed E-state index contributed by atoms with van der Waals surface area (Å²) in [4.78, 5) is 36.3. The van der Waals surface area contributed by atoms with Gasteiger partial charge in [-0.2, -0.15) is 5.10 Å². The van der Waals surface area contributed by atoms with Crippen LogP contribution in [-0.2, 0) is 21.0 Å². The normalized spacial score (nSPS) is 10.5. The number of amides is 3. The predicted molar refractivity (Wildman–Crippen MR) is 153 cm³/mol. The fourth-order valence-corrected chi connectivity index (χ4v) is 3.41. The van der Waals surface area contributed by atoms with E-state index in [1.54, 1.807) is 48.5 Å². The fraction of sp³-hybridized carbons (Fsp3) is 0.0968. The minimum atomic E-state index is -0.916. The van der Waals surface area contributed by atoms with Crippen LogP contribution in [0, 0.1) is 6.92 Å². The number of carbonyl (C=O) groups excluding carboxylic acids is 3. The average Bonchev–Trinajstić information content (AvgIpc) is 2.98. The Morgan fingerprint density at radius 2 is 1.30 bits per heavy atom. The summed E-state index contributed by atoms with van der Waals surface area (Å²) in [6.45, 7) is 2.25. The third kappa shape index (κ3) is 8.84. The Labute approximate surface area is 231 Å². The van der Waals surface area contributed by atoms with Crippen molar-refractivity contribution in [2.45, 2.75) is 13.5 Å². The molecule has 40 heavy (non-hydrogen) atoms. The van der Waals surface area contributed by atoms with Gasteiger partial charge in [0.1, 0.15) is 18.1 Å². The standard InChI is InChI=1S/C31H28N4O5/c1-22-7-11-25(12-8-22)33-29(36)21-40-27-15-9-23(10-16-27)19-32-35-31(38)30(37)34-26-13-17-28(18-14-26)39-20-24-5-3-2-4-6-24/h2-19H,20-21H2,1H3,(H,33,36)(H,34,37)(H,35,38)/b32-19-. The molecule has 0 heterocycles. The van der Waals surface area contributed by atoms with E-state index >= 15 is 0 Å². The van der Waals surface area contributed by atoms with E-state index in [1.165, 1.54) is 6.21 Å². The summed E-state index contributed by atoms with van der Waals surface area (Å²) in [6.07, 6.45) is 1.39. The highest BCUT2D eigenvalue weighted by molar-refractivity contribution is 6.39. The summed E-state index contributed by atoms with van der Waals surface area (Å²) >= 11 is 0. The van der Waals surface area contributed by atoms with Crippen molar-refractivity contribution in [2.24, 2.45) is 5.10 Å². The van der Waals surface area contributed by atoms with Gasteiger partial charge in [-0.3, -0.25) is 14.4 Å². The van der Waals surface area contributed by atoms with Crippen LogP contribution in [0.5, 0.6) is 11.5 Å². The molecule has 4 rings (SSSR count). The fourth-order valence-electron chi connectivity index (χ4n) is 3.41. The molecule has 0 radical (unpaired) electrons. The molecule has 0 bridgehead atoms. The number of carbonyl (C=O) groups is 3. The Bertz CT molecular complexity index is 1450. The van der Waals surface area contributed by atoms with Gasteiger partial charge in [0.25, 0.3) is 5.91 Å².